The van der Waals surface area contributed by atoms with Gasteiger partial charge in [0.15, 0.2) is 0 Å². The van der Waals surface area contributed by atoms with Crippen molar-refractivity contribution in [1.29, 1.82) is 0 Å². The first-order valence-electron chi connectivity index (χ1n) is 11.7. The third kappa shape index (κ3) is 6.73. The molecule has 6 nitrogen and oxygen atoms in total. The number of carbonyl (C=O) groups excluding carboxylic acids is 2. The molecule has 2 amide bonds. The van der Waals surface area contributed by atoms with Crippen LogP contribution in [-0.2, 0) is 17.8 Å². The first-order valence-corrected chi connectivity index (χ1v) is 11.7. The Morgan fingerprint density at radius 3 is 2.29 bits per heavy atom. The summed E-state index contributed by atoms with van der Waals surface area (Å²) in [6.07, 6.45) is 1.47. The van der Waals surface area contributed by atoms with Gasteiger partial charge in [0.05, 0.1) is 13.7 Å². The smallest absolute Gasteiger partial charge is 0.254 e. The van der Waals surface area contributed by atoms with Crippen LogP contribution < -0.4 is 4.74 Å². The number of furan rings is 1. The van der Waals surface area contributed by atoms with E-state index in [2.05, 4.69) is 12.1 Å². The van der Waals surface area contributed by atoms with Crippen LogP contribution in [0.3, 0.4) is 0 Å². The number of hydrogen-bond donors (Lipinski definition) is 0. The first kappa shape index (κ1) is 25.1. The van der Waals surface area contributed by atoms with Gasteiger partial charge in [-0.2, -0.15) is 0 Å². The lowest BCUT2D eigenvalue weighted by molar-refractivity contribution is -0.133. The number of aryl methyl sites for hydroxylation is 1. The predicted octanol–water partition coefficient (Wildman–Crippen LogP) is 5.11. The van der Waals surface area contributed by atoms with Crippen molar-refractivity contribution in [3.05, 3.63) is 89.4 Å². The average Bonchev–Trinajstić information content (AvgIpc) is 3.29. The molecule has 0 saturated heterocycles. The molecule has 3 rings (SSSR count). The van der Waals surface area contributed by atoms with Crippen molar-refractivity contribution in [3.63, 3.8) is 0 Å². The van der Waals surface area contributed by atoms with Crippen molar-refractivity contribution in [2.75, 3.05) is 20.2 Å². The number of methoxy groups -OCH3 is 1. The molecule has 2 aromatic carbocycles. The Morgan fingerprint density at radius 2 is 1.71 bits per heavy atom. The number of hydrogen-bond acceptors (Lipinski definition) is 4. The fourth-order valence-electron chi connectivity index (χ4n) is 3.75. The lowest BCUT2D eigenvalue weighted by atomic mass is 10.1. The molecular weight excluding hydrogens is 428 g/mol. The number of nitrogens with zero attached hydrogens (tertiary/aromatic N) is 2. The molecule has 0 radical (unpaired) electrons. The molecule has 1 atom stereocenters. The minimum atomic E-state index is -0.165. The van der Waals surface area contributed by atoms with E-state index >= 15 is 0 Å². The summed E-state index contributed by atoms with van der Waals surface area (Å²) < 4.78 is 10.9. The molecule has 0 aliphatic carbocycles. The number of rotatable bonds is 11. The van der Waals surface area contributed by atoms with Crippen molar-refractivity contribution < 1.29 is 18.7 Å². The molecule has 0 bridgehead atoms. The molecular formula is C28H34N2O4. The Bertz CT molecular complexity index is 1060. The zero-order valence-corrected chi connectivity index (χ0v) is 20.5. The monoisotopic (exact) mass is 462 g/mol. The molecule has 1 heterocycles. The molecule has 0 aliphatic heterocycles. The van der Waals surface area contributed by atoms with Crippen LogP contribution in [0, 0.1) is 6.92 Å². The Morgan fingerprint density at radius 1 is 1.00 bits per heavy atom. The second kappa shape index (κ2) is 12.1. The summed E-state index contributed by atoms with van der Waals surface area (Å²) in [6, 6.07) is 20.8. The highest BCUT2D eigenvalue weighted by atomic mass is 16.5. The zero-order chi connectivity index (χ0) is 24.5. The summed E-state index contributed by atoms with van der Waals surface area (Å²) in [7, 11) is 1.59. The van der Waals surface area contributed by atoms with Crippen molar-refractivity contribution in [3.8, 4) is 5.75 Å². The van der Waals surface area contributed by atoms with Gasteiger partial charge in [-0.3, -0.25) is 9.59 Å². The van der Waals surface area contributed by atoms with E-state index in [9.17, 15) is 9.59 Å². The number of amides is 2. The van der Waals surface area contributed by atoms with Crippen molar-refractivity contribution in [2.24, 2.45) is 0 Å². The minimum Gasteiger partial charge on any atom is -0.497 e. The van der Waals surface area contributed by atoms with E-state index in [1.54, 1.807) is 41.2 Å². The second-order valence-corrected chi connectivity index (χ2v) is 8.48. The van der Waals surface area contributed by atoms with Crippen LogP contribution in [0.2, 0.25) is 0 Å². The number of ether oxygens (including phenoxy) is 1. The van der Waals surface area contributed by atoms with Gasteiger partial charge in [0, 0.05) is 18.2 Å². The van der Waals surface area contributed by atoms with E-state index in [-0.39, 0.29) is 24.4 Å². The summed E-state index contributed by atoms with van der Waals surface area (Å²) >= 11 is 0. The fraction of sp³-hybridized carbons (Fsp3) is 0.357. The van der Waals surface area contributed by atoms with E-state index in [1.807, 2.05) is 51.1 Å². The first-order chi connectivity index (χ1) is 16.4. The lowest BCUT2D eigenvalue weighted by Gasteiger charge is -2.31. The minimum absolute atomic E-state index is 0.00828. The maximum absolute atomic E-state index is 13.5. The third-order valence-corrected chi connectivity index (χ3v) is 6.03. The molecule has 180 valence electrons. The van der Waals surface area contributed by atoms with Gasteiger partial charge in [-0.1, -0.05) is 37.3 Å². The topological polar surface area (TPSA) is 63.0 Å². The third-order valence-electron chi connectivity index (χ3n) is 6.03. The normalized spacial score (nSPS) is 11.6. The number of benzene rings is 2. The van der Waals surface area contributed by atoms with E-state index in [4.69, 9.17) is 9.15 Å². The largest absolute Gasteiger partial charge is 0.497 e. The lowest BCUT2D eigenvalue weighted by Crippen LogP contribution is -2.46. The molecule has 6 heteroatoms. The van der Waals surface area contributed by atoms with Gasteiger partial charge in [0.2, 0.25) is 5.91 Å². The highest BCUT2D eigenvalue weighted by Gasteiger charge is 2.26. The Kier molecular flexibility index (Phi) is 8.91. The quantitative estimate of drug-likeness (QED) is 0.397. The Labute approximate surface area is 202 Å². The van der Waals surface area contributed by atoms with Crippen LogP contribution in [0.5, 0.6) is 5.75 Å². The van der Waals surface area contributed by atoms with Crippen LogP contribution in [0.1, 0.15) is 47.7 Å². The Balaban J connectivity index is 1.78. The van der Waals surface area contributed by atoms with Crippen molar-refractivity contribution >= 4 is 11.8 Å². The van der Waals surface area contributed by atoms with Crippen LogP contribution in [0.15, 0.2) is 71.1 Å². The number of carbonyl (C=O) groups is 2. The van der Waals surface area contributed by atoms with Gasteiger partial charge in [-0.05, 0) is 68.7 Å². The average molecular weight is 463 g/mol. The van der Waals surface area contributed by atoms with Crippen molar-refractivity contribution in [2.45, 2.75) is 46.2 Å². The Hall–Kier alpha value is -3.54. The van der Waals surface area contributed by atoms with Gasteiger partial charge in [0.1, 0.15) is 23.8 Å². The van der Waals surface area contributed by atoms with Crippen LogP contribution in [0.4, 0.5) is 0 Å². The van der Waals surface area contributed by atoms with Crippen LogP contribution in [-0.4, -0.2) is 47.9 Å². The molecule has 1 aromatic heterocycles. The van der Waals surface area contributed by atoms with Gasteiger partial charge in [-0.25, -0.2) is 0 Å². The van der Waals surface area contributed by atoms with E-state index in [0.29, 0.717) is 24.4 Å². The molecule has 0 N–H and O–H groups in total. The highest BCUT2D eigenvalue weighted by molar-refractivity contribution is 5.96. The predicted molar refractivity (Wildman–Crippen MR) is 133 cm³/mol. The van der Waals surface area contributed by atoms with Gasteiger partial charge in [-0.15, -0.1) is 0 Å². The standard InChI is InChI=1S/C28H34N2O4/c1-5-21(2)30(28(32)24-12-15-25(33-4)16-13-24)20-27(31)29(19-26-14-11-22(3)34-26)18-17-23-9-7-6-8-10-23/h6-16,21H,5,17-20H2,1-4H3/t21-/m1/s1. The summed E-state index contributed by atoms with van der Waals surface area (Å²) in [4.78, 5) is 30.3. The maximum Gasteiger partial charge on any atom is 0.254 e. The zero-order valence-electron chi connectivity index (χ0n) is 20.5. The molecule has 3 aromatic rings. The fourth-order valence-corrected chi connectivity index (χ4v) is 3.75. The van der Waals surface area contributed by atoms with Gasteiger partial charge in [0.25, 0.3) is 5.91 Å². The van der Waals surface area contributed by atoms with Crippen molar-refractivity contribution in [1.82, 2.24) is 9.80 Å². The molecule has 0 unspecified atom stereocenters. The van der Waals surface area contributed by atoms with Crippen LogP contribution >= 0.6 is 0 Å². The molecule has 0 fully saturated rings. The summed E-state index contributed by atoms with van der Waals surface area (Å²) in [5.41, 5.74) is 1.69. The second-order valence-electron chi connectivity index (χ2n) is 8.48. The maximum atomic E-state index is 13.5. The molecule has 34 heavy (non-hydrogen) atoms. The van der Waals surface area contributed by atoms with E-state index < -0.39 is 0 Å². The van der Waals surface area contributed by atoms with E-state index in [1.165, 1.54) is 0 Å². The molecule has 0 aliphatic rings. The summed E-state index contributed by atoms with van der Waals surface area (Å²) in [5.74, 6) is 1.95. The van der Waals surface area contributed by atoms with E-state index in [0.717, 1.165) is 29.9 Å². The summed E-state index contributed by atoms with van der Waals surface area (Å²) in [5, 5.41) is 0. The molecule has 0 spiro atoms. The van der Waals surface area contributed by atoms with Gasteiger partial charge < -0.3 is 19.0 Å². The highest BCUT2D eigenvalue weighted by Crippen LogP contribution is 2.17. The summed E-state index contributed by atoms with van der Waals surface area (Å²) in [6.45, 7) is 6.78. The molecule has 0 saturated carbocycles. The van der Waals surface area contributed by atoms with Gasteiger partial charge >= 0.3 is 0 Å². The van der Waals surface area contributed by atoms with Crippen LogP contribution in [0.25, 0.3) is 0 Å². The SMILES string of the molecule is CC[C@@H](C)N(CC(=O)N(CCc1ccccc1)Cc1ccc(C)o1)C(=O)c1ccc(OC)cc1.